The van der Waals surface area contributed by atoms with Gasteiger partial charge in [-0.05, 0) is 51.4 Å². The Kier molecular flexibility index (Phi) is 5.14. The highest BCUT2D eigenvalue weighted by Gasteiger charge is 2.50. The number of hydrogen-bond acceptors (Lipinski definition) is 1. The molecule has 21 heavy (non-hydrogen) atoms. The van der Waals surface area contributed by atoms with E-state index >= 15 is 0 Å². The lowest BCUT2D eigenvalue weighted by Gasteiger charge is -2.54. The summed E-state index contributed by atoms with van der Waals surface area (Å²) in [7, 11) is 0. The highest BCUT2D eigenvalue weighted by Crippen LogP contribution is 2.55. The van der Waals surface area contributed by atoms with Crippen molar-refractivity contribution in [3.8, 4) is 0 Å². The molecule has 6 unspecified atom stereocenters. The Balaban J connectivity index is 2.40. The maximum atomic E-state index is 10.6. The van der Waals surface area contributed by atoms with Crippen molar-refractivity contribution in [2.24, 2.45) is 29.1 Å². The fourth-order valence-corrected chi connectivity index (χ4v) is 4.76. The average molecular weight is 288 g/mol. The Morgan fingerprint density at radius 3 is 2.67 bits per heavy atom. The molecule has 1 fully saturated rings. The quantitative estimate of drug-likeness (QED) is 0.563. The molecule has 1 N–H and O–H groups in total. The molecule has 0 bridgehead atoms. The zero-order chi connectivity index (χ0) is 15.6. The van der Waals surface area contributed by atoms with Crippen LogP contribution >= 0.6 is 0 Å². The van der Waals surface area contributed by atoms with Crippen LogP contribution in [0.15, 0.2) is 36.0 Å². The smallest absolute Gasteiger partial charge is 0.0577 e. The summed E-state index contributed by atoms with van der Waals surface area (Å²) in [6, 6.07) is 0. The maximum Gasteiger partial charge on any atom is 0.0577 e. The average Bonchev–Trinajstić information content (AvgIpc) is 2.41. The van der Waals surface area contributed by atoms with Crippen molar-refractivity contribution >= 4 is 0 Å². The molecule has 6 atom stereocenters. The molecule has 0 heterocycles. The van der Waals surface area contributed by atoms with Crippen LogP contribution in [0.25, 0.3) is 0 Å². The van der Waals surface area contributed by atoms with Crippen LogP contribution < -0.4 is 0 Å². The highest BCUT2D eigenvalue weighted by atomic mass is 16.3. The third-order valence-electron chi connectivity index (χ3n) is 6.11. The molecule has 2 aliphatic carbocycles. The van der Waals surface area contributed by atoms with Gasteiger partial charge in [-0.25, -0.2) is 0 Å². The second-order valence-corrected chi connectivity index (χ2v) is 7.53. The third-order valence-corrected chi connectivity index (χ3v) is 6.11. The Morgan fingerprint density at radius 1 is 1.33 bits per heavy atom. The fraction of sp³-hybridized carbons (Fsp3) is 0.700. The summed E-state index contributed by atoms with van der Waals surface area (Å²) in [6.07, 6.45) is 14.7. The van der Waals surface area contributed by atoms with E-state index in [1.165, 1.54) is 24.8 Å². The lowest BCUT2D eigenvalue weighted by molar-refractivity contribution is -0.0577. The van der Waals surface area contributed by atoms with Gasteiger partial charge in [0.15, 0.2) is 0 Å². The van der Waals surface area contributed by atoms with Crippen LogP contribution in [-0.2, 0) is 0 Å². The molecule has 118 valence electrons. The van der Waals surface area contributed by atoms with E-state index in [4.69, 9.17) is 0 Å². The molecule has 0 amide bonds. The summed E-state index contributed by atoms with van der Waals surface area (Å²) in [5.74, 6) is 2.43. The molecule has 0 saturated heterocycles. The molecular weight excluding hydrogens is 256 g/mol. The van der Waals surface area contributed by atoms with Crippen LogP contribution in [-0.4, -0.2) is 11.2 Å². The van der Waals surface area contributed by atoms with Gasteiger partial charge >= 0.3 is 0 Å². The van der Waals surface area contributed by atoms with Crippen molar-refractivity contribution < 1.29 is 5.11 Å². The van der Waals surface area contributed by atoms with E-state index < -0.39 is 0 Å². The van der Waals surface area contributed by atoms with Crippen molar-refractivity contribution in [2.75, 3.05) is 0 Å². The molecule has 1 saturated carbocycles. The molecule has 1 heteroatoms. The Morgan fingerprint density at radius 2 is 2.05 bits per heavy atom. The van der Waals surface area contributed by atoms with Crippen LogP contribution in [0.3, 0.4) is 0 Å². The zero-order valence-electron chi connectivity index (χ0n) is 14.3. The van der Waals surface area contributed by atoms with E-state index in [1.807, 2.05) is 13.8 Å². The summed E-state index contributed by atoms with van der Waals surface area (Å²) in [5.41, 5.74) is 1.40. The molecule has 0 aromatic heterocycles. The first-order chi connectivity index (χ1) is 9.91. The Labute approximate surface area is 130 Å². The van der Waals surface area contributed by atoms with Gasteiger partial charge in [-0.15, -0.1) is 0 Å². The number of rotatable bonds is 3. The summed E-state index contributed by atoms with van der Waals surface area (Å²) in [5, 5.41) is 10.6. The minimum Gasteiger partial charge on any atom is -0.393 e. The van der Waals surface area contributed by atoms with E-state index in [0.29, 0.717) is 17.8 Å². The lowest BCUT2D eigenvalue weighted by Crippen LogP contribution is -2.50. The van der Waals surface area contributed by atoms with Gasteiger partial charge < -0.3 is 5.11 Å². The monoisotopic (exact) mass is 288 g/mol. The molecule has 0 radical (unpaired) electrons. The van der Waals surface area contributed by atoms with Gasteiger partial charge in [0.1, 0.15) is 0 Å². The maximum absolute atomic E-state index is 10.6. The van der Waals surface area contributed by atoms with Gasteiger partial charge in [-0.1, -0.05) is 56.2 Å². The highest BCUT2D eigenvalue weighted by molar-refractivity contribution is 5.26. The van der Waals surface area contributed by atoms with Gasteiger partial charge in [0, 0.05) is 11.3 Å². The molecule has 0 aromatic carbocycles. The number of aliphatic hydroxyl groups is 1. The molecule has 0 spiro atoms. The normalized spacial score (nSPS) is 42.1. The largest absolute Gasteiger partial charge is 0.393 e. The van der Waals surface area contributed by atoms with Gasteiger partial charge in [-0.2, -0.15) is 0 Å². The van der Waals surface area contributed by atoms with Crippen molar-refractivity contribution in [1.29, 1.82) is 0 Å². The first-order valence-corrected chi connectivity index (χ1v) is 8.57. The molecule has 0 aliphatic heterocycles. The van der Waals surface area contributed by atoms with Crippen molar-refractivity contribution in [3.63, 3.8) is 0 Å². The van der Waals surface area contributed by atoms with Crippen LogP contribution in [0.4, 0.5) is 0 Å². The molecular formula is C20H32O. The third kappa shape index (κ3) is 3.04. The summed E-state index contributed by atoms with van der Waals surface area (Å²) >= 11 is 0. The molecule has 2 rings (SSSR count). The second kappa shape index (κ2) is 6.52. The SMILES string of the molecule is C/C=C/C=C/C1C(C)=CC2CC(C)CCC2C1(C)C(C)O. The number of allylic oxidation sites excluding steroid dienone is 6. The van der Waals surface area contributed by atoms with E-state index in [9.17, 15) is 5.11 Å². The van der Waals surface area contributed by atoms with E-state index in [2.05, 4.69) is 51.2 Å². The van der Waals surface area contributed by atoms with E-state index in [1.54, 1.807) is 0 Å². The Bertz CT molecular complexity index is 443. The first-order valence-electron chi connectivity index (χ1n) is 8.57. The van der Waals surface area contributed by atoms with Gasteiger partial charge in [0.05, 0.1) is 6.10 Å². The van der Waals surface area contributed by atoms with Crippen molar-refractivity contribution in [2.45, 2.75) is 60.0 Å². The summed E-state index contributed by atoms with van der Waals surface area (Å²) in [6.45, 7) is 11.0. The molecule has 0 aromatic rings. The van der Waals surface area contributed by atoms with Crippen molar-refractivity contribution in [3.05, 3.63) is 36.0 Å². The summed E-state index contributed by atoms with van der Waals surface area (Å²) in [4.78, 5) is 0. The standard InChI is InChI=1S/C20H32O/c1-6-7-8-9-18-15(3)13-17-12-14(2)10-11-19(17)20(18,5)16(4)21/h6-9,13-14,16-19,21H,10-12H2,1-5H3/b7-6+,9-8+. The second-order valence-electron chi connectivity index (χ2n) is 7.53. The van der Waals surface area contributed by atoms with Gasteiger partial charge in [-0.3, -0.25) is 0 Å². The van der Waals surface area contributed by atoms with Crippen LogP contribution in [0, 0.1) is 29.1 Å². The first kappa shape index (κ1) is 16.5. The summed E-state index contributed by atoms with van der Waals surface area (Å²) < 4.78 is 0. The van der Waals surface area contributed by atoms with Crippen molar-refractivity contribution in [1.82, 2.24) is 0 Å². The minimum absolute atomic E-state index is 0.0400. The topological polar surface area (TPSA) is 20.2 Å². The molecule has 1 nitrogen and oxygen atoms in total. The van der Waals surface area contributed by atoms with Gasteiger partial charge in [0.2, 0.25) is 0 Å². The number of hydrogen-bond donors (Lipinski definition) is 1. The Hall–Kier alpha value is -0.820. The predicted molar refractivity (Wildman–Crippen MR) is 91.0 cm³/mol. The zero-order valence-corrected chi connectivity index (χ0v) is 14.3. The molecule has 2 aliphatic rings. The van der Waals surface area contributed by atoms with E-state index in [-0.39, 0.29) is 11.5 Å². The van der Waals surface area contributed by atoms with Crippen LogP contribution in [0.5, 0.6) is 0 Å². The van der Waals surface area contributed by atoms with E-state index in [0.717, 1.165) is 5.92 Å². The minimum atomic E-state index is -0.276. The number of fused-ring (bicyclic) bond motifs is 1. The lowest BCUT2D eigenvalue weighted by atomic mass is 9.52. The number of aliphatic hydroxyl groups excluding tert-OH is 1. The van der Waals surface area contributed by atoms with Crippen LogP contribution in [0.1, 0.15) is 53.9 Å². The van der Waals surface area contributed by atoms with Crippen LogP contribution in [0.2, 0.25) is 0 Å². The van der Waals surface area contributed by atoms with Gasteiger partial charge in [0.25, 0.3) is 0 Å². The fourth-order valence-electron chi connectivity index (χ4n) is 4.76. The predicted octanol–water partition coefficient (Wildman–Crippen LogP) is 5.13.